The number of aromatic nitrogens is 2. The normalized spacial score (nSPS) is 20.6. The van der Waals surface area contributed by atoms with Crippen LogP contribution in [0, 0.1) is 0 Å². The van der Waals surface area contributed by atoms with Gasteiger partial charge in [0.15, 0.2) is 0 Å². The van der Waals surface area contributed by atoms with Crippen LogP contribution in [0.15, 0.2) is 6.07 Å². The van der Waals surface area contributed by atoms with Gasteiger partial charge in [0.1, 0.15) is 5.69 Å². The first-order chi connectivity index (χ1) is 8.13. The molecule has 1 aromatic rings. The second-order valence-electron chi connectivity index (χ2n) is 4.55. The van der Waals surface area contributed by atoms with E-state index in [2.05, 4.69) is 17.3 Å². The Labute approximate surface area is 102 Å². The van der Waals surface area contributed by atoms with Gasteiger partial charge in [0, 0.05) is 32.7 Å². The minimum Gasteiger partial charge on any atom is -0.332 e. The Bertz CT molecular complexity index is 413. The maximum Gasteiger partial charge on any atom is 0.272 e. The Morgan fingerprint density at radius 2 is 2.41 bits per heavy atom. The lowest BCUT2D eigenvalue weighted by molar-refractivity contribution is 0.0644. The Kier molecular flexibility index (Phi) is 3.47. The van der Waals surface area contributed by atoms with Crippen LogP contribution >= 0.6 is 0 Å². The van der Waals surface area contributed by atoms with Crippen molar-refractivity contribution in [3.8, 4) is 0 Å². The summed E-state index contributed by atoms with van der Waals surface area (Å²) in [6.45, 7) is 6.62. The van der Waals surface area contributed by atoms with Crippen LogP contribution in [0.1, 0.15) is 30.0 Å². The van der Waals surface area contributed by atoms with E-state index in [1.165, 1.54) is 0 Å². The van der Waals surface area contributed by atoms with Crippen molar-refractivity contribution in [3.05, 3.63) is 17.5 Å². The summed E-state index contributed by atoms with van der Waals surface area (Å²) in [4.78, 5) is 14.3. The van der Waals surface area contributed by atoms with E-state index in [4.69, 9.17) is 0 Å². The third-order valence-corrected chi connectivity index (χ3v) is 3.27. The number of amides is 1. The molecule has 2 rings (SSSR count). The van der Waals surface area contributed by atoms with Crippen molar-refractivity contribution in [2.75, 3.05) is 19.6 Å². The van der Waals surface area contributed by atoms with Crippen molar-refractivity contribution in [2.45, 2.75) is 26.3 Å². The largest absolute Gasteiger partial charge is 0.332 e. The molecule has 1 saturated heterocycles. The summed E-state index contributed by atoms with van der Waals surface area (Å²) in [5.41, 5.74) is 1.66. The highest BCUT2D eigenvalue weighted by molar-refractivity contribution is 5.93. The molecule has 1 fully saturated rings. The highest BCUT2D eigenvalue weighted by Crippen LogP contribution is 2.11. The molecule has 5 nitrogen and oxygen atoms in total. The van der Waals surface area contributed by atoms with Crippen molar-refractivity contribution < 1.29 is 4.79 Å². The molecular formula is C12H20N4O. The van der Waals surface area contributed by atoms with Crippen LogP contribution in [0.3, 0.4) is 0 Å². The Morgan fingerprint density at radius 3 is 3.00 bits per heavy atom. The molecule has 0 spiro atoms. The Morgan fingerprint density at radius 1 is 1.65 bits per heavy atom. The molecule has 0 aliphatic carbocycles. The molecule has 1 atom stereocenters. The zero-order chi connectivity index (χ0) is 12.4. The second-order valence-corrected chi connectivity index (χ2v) is 4.55. The quantitative estimate of drug-likeness (QED) is 0.809. The molecule has 0 radical (unpaired) electrons. The van der Waals surface area contributed by atoms with Crippen LogP contribution in [0.25, 0.3) is 0 Å². The molecule has 1 amide bonds. The minimum absolute atomic E-state index is 0.0914. The first kappa shape index (κ1) is 12.1. The number of nitrogens with one attached hydrogen (secondary N) is 1. The van der Waals surface area contributed by atoms with Crippen LogP contribution in [-0.4, -0.2) is 46.3 Å². The molecule has 94 valence electrons. The Hall–Kier alpha value is -1.36. The van der Waals surface area contributed by atoms with Crippen LogP contribution in [0.5, 0.6) is 0 Å². The van der Waals surface area contributed by atoms with E-state index >= 15 is 0 Å². The molecule has 2 heterocycles. The number of aryl methyl sites for hydroxylation is 2. The van der Waals surface area contributed by atoms with Gasteiger partial charge in [-0.15, -0.1) is 0 Å². The lowest BCUT2D eigenvalue weighted by atomic mass is 10.2. The number of rotatable bonds is 2. The van der Waals surface area contributed by atoms with Crippen LogP contribution in [-0.2, 0) is 13.5 Å². The highest BCUT2D eigenvalue weighted by Gasteiger charge is 2.26. The molecule has 1 aromatic heterocycles. The zero-order valence-electron chi connectivity index (χ0n) is 10.7. The van der Waals surface area contributed by atoms with Crippen molar-refractivity contribution in [2.24, 2.45) is 7.05 Å². The van der Waals surface area contributed by atoms with Crippen LogP contribution < -0.4 is 5.32 Å². The van der Waals surface area contributed by atoms with E-state index in [-0.39, 0.29) is 11.9 Å². The topological polar surface area (TPSA) is 50.2 Å². The van der Waals surface area contributed by atoms with Gasteiger partial charge in [0.25, 0.3) is 5.91 Å². The number of nitrogens with zero attached hydrogens (tertiary/aromatic N) is 3. The van der Waals surface area contributed by atoms with E-state index in [9.17, 15) is 4.79 Å². The fraction of sp³-hybridized carbons (Fsp3) is 0.667. The monoisotopic (exact) mass is 236 g/mol. The summed E-state index contributed by atoms with van der Waals surface area (Å²) in [5.74, 6) is 0.0914. The molecule has 0 bridgehead atoms. The third-order valence-electron chi connectivity index (χ3n) is 3.27. The summed E-state index contributed by atoms with van der Waals surface area (Å²) in [6.07, 6.45) is 0.859. The van der Waals surface area contributed by atoms with E-state index in [0.717, 1.165) is 31.7 Å². The summed E-state index contributed by atoms with van der Waals surface area (Å²) >= 11 is 0. The lowest BCUT2D eigenvalue weighted by Gasteiger charge is -2.33. The molecule has 1 N–H and O–H groups in total. The number of hydrogen-bond acceptors (Lipinski definition) is 3. The van der Waals surface area contributed by atoms with Crippen molar-refractivity contribution in [1.29, 1.82) is 0 Å². The smallest absolute Gasteiger partial charge is 0.272 e. The number of piperazine rings is 1. The van der Waals surface area contributed by atoms with Gasteiger partial charge < -0.3 is 10.2 Å². The summed E-state index contributed by atoms with van der Waals surface area (Å²) in [7, 11) is 1.83. The minimum atomic E-state index is 0.0914. The SMILES string of the molecule is CCc1cc(C(=O)N2CCNC[C@@H]2C)n(C)n1. The first-order valence-corrected chi connectivity index (χ1v) is 6.18. The summed E-state index contributed by atoms with van der Waals surface area (Å²) in [6, 6.07) is 2.15. The van der Waals surface area contributed by atoms with Gasteiger partial charge in [-0.05, 0) is 19.4 Å². The predicted octanol–water partition coefficient (Wildman–Crippen LogP) is 0.416. The van der Waals surface area contributed by atoms with Gasteiger partial charge in [0.05, 0.1) is 5.69 Å². The molecule has 0 saturated carbocycles. The number of carbonyl (C=O) groups is 1. The Balaban J connectivity index is 2.20. The van der Waals surface area contributed by atoms with Gasteiger partial charge in [0.2, 0.25) is 0 Å². The van der Waals surface area contributed by atoms with Gasteiger partial charge in [-0.3, -0.25) is 9.48 Å². The molecular weight excluding hydrogens is 216 g/mol. The average Bonchev–Trinajstić information content (AvgIpc) is 2.70. The second kappa shape index (κ2) is 4.87. The average molecular weight is 236 g/mol. The number of hydrogen-bond donors (Lipinski definition) is 1. The summed E-state index contributed by atoms with van der Waals surface area (Å²) in [5, 5.41) is 7.61. The third kappa shape index (κ3) is 2.34. The van der Waals surface area contributed by atoms with Crippen molar-refractivity contribution in [1.82, 2.24) is 20.0 Å². The maximum atomic E-state index is 12.4. The maximum absolute atomic E-state index is 12.4. The van der Waals surface area contributed by atoms with Gasteiger partial charge in [-0.2, -0.15) is 5.10 Å². The number of carbonyl (C=O) groups excluding carboxylic acids is 1. The van der Waals surface area contributed by atoms with Gasteiger partial charge in [-0.25, -0.2) is 0 Å². The first-order valence-electron chi connectivity index (χ1n) is 6.18. The van der Waals surface area contributed by atoms with Crippen molar-refractivity contribution >= 4 is 5.91 Å². The fourth-order valence-electron chi connectivity index (χ4n) is 2.19. The zero-order valence-corrected chi connectivity index (χ0v) is 10.7. The van der Waals surface area contributed by atoms with Crippen LogP contribution in [0.4, 0.5) is 0 Å². The van der Waals surface area contributed by atoms with E-state index in [1.54, 1.807) is 4.68 Å². The predicted molar refractivity (Wildman–Crippen MR) is 66.0 cm³/mol. The molecule has 17 heavy (non-hydrogen) atoms. The fourth-order valence-corrected chi connectivity index (χ4v) is 2.19. The van der Waals surface area contributed by atoms with Crippen LogP contribution in [0.2, 0.25) is 0 Å². The summed E-state index contributed by atoms with van der Waals surface area (Å²) < 4.78 is 1.69. The van der Waals surface area contributed by atoms with Gasteiger partial charge in [-0.1, -0.05) is 6.92 Å². The molecule has 5 heteroatoms. The molecule has 0 unspecified atom stereocenters. The lowest BCUT2D eigenvalue weighted by Crippen LogP contribution is -2.52. The molecule has 0 aromatic carbocycles. The van der Waals surface area contributed by atoms with E-state index in [1.807, 2.05) is 24.9 Å². The van der Waals surface area contributed by atoms with Gasteiger partial charge >= 0.3 is 0 Å². The standard InChI is InChI=1S/C12H20N4O/c1-4-10-7-11(15(3)14-10)12(17)16-6-5-13-8-9(16)2/h7,9,13H,4-6,8H2,1-3H3/t9-/m0/s1. The molecule has 1 aliphatic rings. The van der Waals surface area contributed by atoms with E-state index in [0.29, 0.717) is 5.69 Å². The van der Waals surface area contributed by atoms with Crippen molar-refractivity contribution in [3.63, 3.8) is 0 Å². The molecule has 1 aliphatic heterocycles. The highest BCUT2D eigenvalue weighted by atomic mass is 16.2. The van der Waals surface area contributed by atoms with E-state index < -0.39 is 0 Å².